The van der Waals surface area contributed by atoms with E-state index in [1.807, 2.05) is 41.6 Å². The van der Waals surface area contributed by atoms with Gasteiger partial charge >= 0.3 is 0 Å². The Balaban J connectivity index is 1.64. The number of thioether (sulfide) groups is 1. The Hall–Kier alpha value is -3.20. The van der Waals surface area contributed by atoms with Crippen LogP contribution in [-0.2, 0) is 18.4 Å². The van der Waals surface area contributed by atoms with Crippen LogP contribution in [-0.4, -0.2) is 65.2 Å². The van der Waals surface area contributed by atoms with Gasteiger partial charge in [-0.05, 0) is 62.7 Å². The van der Waals surface area contributed by atoms with Crippen LogP contribution < -0.4 is 14.4 Å². The molecule has 3 aromatic rings. The van der Waals surface area contributed by atoms with E-state index in [-0.39, 0.29) is 11.7 Å². The van der Waals surface area contributed by atoms with Crippen molar-refractivity contribution < 1.29 is 14.3 Å². The van der Waals surface area contributed by atoms with Crippen LogP contribution in [0.15, 0.2) is 47.6 Å². The fourth-order valence-corrected chi connectivity index (χ4v) is 4.71. The summed E-state index contributed by atoms with van der Waals surface area (Å²) in [4.78, 5) is 17.1. The molecular formula is C26H35N5O3S. The zero-order valence-corrected chi connectivity index (χ0v) is 22.3. The summed E-state index contributed by atoms with van der Waals surface area (Å²) in [5.74, 6) is 2.43. The van der Waals surface area contributed by atoms with Crippen LogP contribution in [0.2, 0.25) is 0 Å². The SMILES string of the molecule is CCN(Cc1ccc(OC)c(OC)c1)C(=O)CSc1nnc(-c2ccc(N(CC)CC)cc2)n1C. The number of methoxy groups -OCH3 is 2. The second kappa shape index (κ2) is 12.5. The zero-order valence-electron chi connectivity index (χ0n) is 21.4. The van der Waals surface area contributed by atoms with Gasteiger partial charge in [0.05, 0.1) is 20.0 Å². The monoisotopic (exact) mass is 497 g/mol. The van der Waals surface area contributed by atoms with Gasteiger partial charge in [0.1, 0.15) is 0 Å². The molecule has 35 heavy (non-hydrogen) atoms. The highest BCUT2D eigenvalue weighted by Crippen LogP contribution is 2.29. The van der Waals surface area contributed by atoms with Crippen molar-refractivity contribution >= 4 is 23.4 Å². The Morgan fingerprint density at radius 1 is 0.943 bits per heavy atom. The number of anilines is 1. The molecule has 9 heteroatoms. The van der Waals surface area contributed by atoms with Gasteiger partial charge < -0.3 is 23.8 Å². The van der Waals surface area contributed by atoms with Crippen LogP contribution in [0.4, 0.5) is 5.69 Å². The molecule has 0 saturated heterocycles. The van der Waals surface area contributed by atoms with Crippen LogP contribution in [0.3, 0.4) is 0 Å². The molecule has 0 fully saturated rings. The second-order valence-corrected chi connectivity index (χ2v) is 8.91. The lowest BCUT2D eigenvalue weighted by molar-refractivity contribution is -0.128. The molecule has 1 aromatic heterocycles. The maximum atomic E-state index is 13.0. The van der Waals surface area contributed by atoms with Crippen molar-refractivity contribution in [2.45, 2.75) is 32.5 Å². The number of aromatic nitrogens is 3. The smallest absolute Gasteiger partial charge is 0.233 e. The number of ether oxygens (including phenoxy) is 2. The number of hydrogen-bond donors (Lipinski definition) is 0. The first-order chi connectivity index (χ1) is 16.9. The highest BCUT2D eigenvalue weighted by Gasteiger charge is 2.17. The summed E-state index contributed by atoms with van der Waals surface area (Å²) in [5.41, 5.74) is 3.17. The van der Waals surface area contributed by atoms with Gasteiger partial charge in [0.2, 0.25) is 5.91 Å². The Morgan fingerprint density at radius 2 is 1.63 bits per heavy atom. The molecule has 0 saturated carbocycles. The van der Waals surface area contributed by atoms with Crippen molar-refractivity contribution in [1.82, 2.24) is 19.7 Å². The van der Waals surface area contributed by atoms with Crippen molar-refractivity contribution in [1.29, 1.82) is 0 Å². The van der Waals surface area contributed by atoms with E-state index in [0.717, 1.165) is 30.0 Å². The Morgan fingerprint density at radius 3 is 2.23 bits per heavy atom. The summed E-state index contributed by atoms with van der Waals surface area (Å²) >= 11 is 1.40. The Bertz CT molecular complexity index is 1110. The van der Waals surface area contributed by atoms with Crippen molar-refractivity contribution in [2.75, 3.05) is 44.5 Å². The summed E-state index contributed by atoms with van der Waals surface area (Å²) in [6, 6.07) is 14.1. The molecule has 0 radical (unpaired) electrons. The first kappa shape index (κ1) is 26.4. The molecule has 0 aliphatic heterocycles. The molecule has 0 aliphatic rings. The molecule has 2 aromatic carbocycles. The van der Waals surface area contributed by atoms with Crippen molar-refractivity contribution in [3.05, 3.63) is 48.0 Å². The summed E-state index contributed by atoms with van der Waals surface area (Å²) in [6.07, 6.45) is 0. The summed E-state index contributed by atoms with van der Waals surface area (Å²) in [5, 5.41) is 9.42. The van der Waals surface area contributed by atoms with E-state index in [4.69, 9.17) is 9.47 Å². The fourth-order valence-electron chi connectivity index (χ4n) is 3.90. The molecule has 0 unspecified atom stereocenters. The molecule has 0 aliphatic carbocycles. The van der Waals surface area contributed by atoms with Crippen LogP contribution in [0.1, 0.15) is 26.3 Å². The van der Waals surface area contributed by atoms with E-state index in [2.05, 4.69) is 53.2 Å². The molecule has 1 heterocycles. The Kier molecular flexibility index (Phi) is 9.42. The average molecular weight is 498 g/mol. The minimum absolute atomic E-state index is 0.0420. The minimum Gasteiger partial charge on any atom is -0.493 e. The van der Waals surface area contributed by atoms with E-state index < -0.39 is 0 Å². The Labute approximate surface area is 212 Å². The zero-order chi connectivity index (χ0) is 25.4. The largest absolute Gasteiger partial charge is 0.493 e. The number of hydrogen-bond acceptors (Lipinski definition) is 7. The molecular weight excluding hydrogens is 462 g/mol. The van der Waals surface area contributed by atoms with Gasteiger partial charge in [0, 0.05) is 44.5 Å². The topological polar surface area (TPSA) is 72.7 Å². The molecule has 3 rings (SSSR count). The van der Waals surface area contributed by atoms with Crippen LogP contribution in [0.5, 0.6) is 11.5 Å². The third kappa shape index (κ3) is 6.28. The average Bonchev–Trinajstić information content (AvgIpc) is 3.26. The van der Waals surface area contributed by atoms with Gasteiger partial charge in [-0.15, -0.1) is 10.2 Å². The standard InChI is InChI=1S/C26H35N5O3S/c1-7-30(8-2)21-13-11-20(12-14-21)25-27-28-26(29(25)4)35-18-24(32)31(9-3)17-19-10-15-22(33-5)23(16-19)34-6/h10-16H,7-9,17-18H2,1-6H3. The van der Waals surface area contributed by atoms with Crippen LogP contribution in [0.25, 0.3) is 11.4 Å². The normalized spacial score (nSPS) is 10.8. The molecule has 0 atom stereocenters. The van der Waals surface area contributed by atoms with E-state index in [1.165, 1.54) is 17.4 Å². The van der Waals surface area contributed by atoms with Gasteiger partial charge in [-0.2, -0.15) is 0 Å². The van der Waals surface area contributed by atoms with Gasteiger partial charge in [0.25, 0.3) is 0 Å². The number of carbonyl (C=O) groups is 1. The van der Waals surface area contributed by atoms with Crippen molar-refractivity contribution in [3.63, 3.8) is 0 Å². The van der Waals surface area contributed by atoms with Gasteiger partial charge in [-0.3, -0.25) is 4.79 Å². The third-order valence-electron chi connectivity index (χ3n) is 5.97. The molecule has 8 nitrogen and oxygen atoms in total. The predicted molar refractivity (Wildman–Crippen MR) is 141 cm³/mol. The minimum atomic E-state index is 0.0420. The maximum absolute atomic E-state index is 13.0. The van der Waals surface area contributed by atoms with Crippen LogP contribution in [0, 0.1) is 0 Å². The van der Waals surface area contributed by atoms with E-state index in [1.54, 1.807) is 14.2 Å². The van der Waals surface area contributed by atoms with Gasteiger partial charge in [-0.25, -0.2) is 0 Å². The van der Waals surface area contributed by atoms with Gasteiger partial charge in [-0.1, -0.05) is 17.8 Å². The molecule has 0 spiro atoms. The quantitative estimate of drug-likeness (QED) is 0.342. The highest BCUT2D eigenvalue weighted by atomic mass is 32.2. The first-order valence-corrected chi connectivity index (χ1v) is 12.8. The summed E-state index contributed by atoms with van der Waals surface area (Å²) in [6.45, 7) is 9.32. The third-order valence-corrected chi connectivity index (χ3v) is 6.97. The molecule has 0 bridgehead atoms. The van der Waals surface area contributed by atoms with E-state index >= 15 is 0 Å². The lowest BCUT2D eigenvalue weighted by Gasteiger charge is -2.21. The number of benzene rings is 2. The van der Waals surface area contributed by atoms with Crippen molar-refractivity contribution in [3.8, 4) is 22.9 Å². The molecule has 0 N–H and O–H groups in total. The van der Waals surface area contributed by atoms with E-state index in [9.17, 15) is 4.79 Å². The summed E-state index contributed by atoms with van der Waals surface area (Å²) in [7, 11) is 5.15. The lowest BCUT2D eigenvalue weighted by Crippen LogP contribution is -2.31. The highest BCUT2D eigenvalue weighted by molar-refractivity contribution is 7.99. The maximum Gasteiger partial charge on any atom is 0.233 e. The lowest BCUT2D eigenvalue weighted by atomic mass is 10.2. The van der Waals surface area contributed by atoms with Gasteiger partial charge in [0.15, 0.2) is 22.5 Å². The fraction of sp³-hybridized carbons (Fsp3) is 0.423. The molecule has 1 amide bonds. The number of amides is 1. The van der Waals surface area contributed by atoms with E-state index in [0.29, 0.717) is 29.7 Å². The molecule has 188 valence electrons. The number of carbonyl (C=O) groups excluding carboxylic acids is 1. The predicted octanol–water partition coefficient (Wildman–Crippen LogP) is 4.49. The summed E-state index contributed by atoms with van der Waals surface area (Å²) < 4.78 is 12.6. The second-order valence-electron chi connectivity index (χ2n) is 7.97. The first-order valence-electron chi connectivity index (χ1n) is 11.8. The van der Waals surface area contributed by atoms with Crippen LogP contribution >= 0.6 is 11.8 Å². The number of rotatable bonds is 12. The number of nitrogens with zero attached hydrogens (tertiary/aromatic N) is 5. The van der Waals surface area contributed by atoms with Crippen molar-refractivity contribution in [2.24, 2.45) is 7.05 Å².